The summed E-state index contributed by atoms with van der Waals surface area (Å²) in [5.74, 6) is 0.241. The van der Waals surface area contributed by atoms with E-state index in [2.05, 4.69) is 9.88 Å². The zero-order valence-electron chi connectivity index (χ0n) is 19.3. The maximum atomic E-state index is 12.6. The van der Waals surface area contributed by atoms with Crippen molar-refractivity contribution in [3.63, 3.8) is 0 Å². The van der Waals surface area contributed by atoms with Crippen molar-refractivity contribution in [2.75, 3.05) is 44.8 Å². The van der Waals surface area contributed by atoms with Gasteiger partial charge in [0, 0.05) is 42.9 Å². The fourth-order valence-electron chi connectivity index (χ4n) is 4.27. The van der Waals surface area contributed by atoms with Crippen LogP contribution in [0.5, 0.6) is 5.75 Å². The van der Waals surface area contributed by atoms with Crippen LogP contribution in [0.15, 0.2) is 48.5 Å². The predicted octanol–water partition coefficient (Wildman–Crippen LogP) is 3.29. The second kappa shape index (κ2) is 9.90. The average molecular weight is 448 g/mol. The summed E-state index contributed by atoms with van der Waals surface area (Å²) < 4.78 is 10.5. The molecule has 1 fully saturated rings. The zero-order valence-corrected chi connectivity index (χ0v) is 19.3. The van der Waals surface area contributed by atoms with E-state index in [1.54, 1.807) is 12.0 Å². The number of benzene rings is 2. The second-order valence-corrected chi connectivity index (χ2v) is 8.22. The molecule has 0 bridgehead atoms. The van der Waals surface area contributed by atoms with Crippen molar-refractivity contribution in [3.05, 3.63) is 65.4 Å². The van der Waals surface area contributed by atoms with Gasteiger partial charge < -0.3 is 19.3 Å². The Morgan fingerprint density at radius 2 is 1.67 bits per heavy atom. The third-order valence-corrected chi connectivity index (χ3v) is 6.23. The first kappa shape index (κ1) is 22.6. The average Bonchev–Trinajstić information content (AvgIpc) is 2.85. The summed E-state index contributed by atoms with van der Waals surface area (Å²) in [5, 5.41) is 1.02. The zero-order chi connectivity index (χ0) is 23.4. The summed E-state index contributed by atoms with van der Waals surface area (Å²) in [7, 11) is 1.65. The molecular weight excluding hydrogens is 418 g/mol. The minimum atomic E-state index is -0.413. The van der Waals surface area contributed by atoms with Crippen LogP contribution in [0, 0.1) is 13.8 Å². The number of aryl methyl sites for hydroxylation is 2. The quantitative estimate of drug-likeness (QED) is 0.540. The SMILES string of the molecule is COc1ccc(N2CCN(C(=O)COC(=O)Cc3c(C)nc4ccccc4c3C)CC2)cc1. The lowest BCUT2D eigenvalue weighted by Gasteiger charge is -2.36. The molecule has 4 rings (SSSR count). The van der Waals surface area contributed by atoms with E-state index in [1.807, 2.05) is 62.4 Å². The molecule has 0 spiro atoms. The number of hydrogen-bond donors (Lipinski definition) is 0. The number of anilines is 1. The van der Waals surface area contributed by atoms with Gasteiger partial charge in [-0.05, 0) is 55.3 Å². The van der Waals surface area contributed by atoms with Crippen LogP contribution < -0.4 is 9.64 Å². The van der Waals surface area contributed by atoms with Gasteiger partial charge in [0.1, 0.15) is 5.75 Å². The van der Waals surface area contributed by atoms with Gasteiger partial charge in [0.25, 0.3) is 5.91 Å². The highest BCUT2D eigenvalue weighted by Gasteiger charge is 2.23. The Kier molecular flexibility index (Phi) is 6.77. The van der Waals surface area contributed by atoms with Crippen LogP contribution >= 0.6 is 0 Å². The Balaban J connectivity index is 1.29. The first-order chi connectivity index (χ1) is 16.0. The minimum Gasteiger partial charge on any atom is -0.497 e. The molecule has 2 aromatic carbocycles. The molecule has 1 aromatic heterocycles. The monoisotopic (exact) mass is 447 g/mol. The van der Waals surface area contributed by atoms with E-state index >= 15 is 0 Å². The van der Waals surface area contributed by atoms with Crippen molar-refractivity contribution in [2.45, 2.75) is 20.3 Å². The largest absolute Gasteiger partial charge is 0.497 e. The lowest BCUT2D eigenvalue weighted by molar-refractivity contribution is -0.151. The van der Waals surface area contributed by atoms with Crippen molar-refractivity contribution in [1.82, 2.24) is 9.88 Å². The van der Waals surface area contributed by atoms with E-state index in [0.717, 1.165) is 52.3 Å². The molecular formula is C26H29N3O4. The van der Waals surface area contributed by atoms with Crippen LogP contribution in [0.3, 0.4) is 0 Å². The number of hydrogen-bond acceptors (Lipinski definition) is 6. The summed E-state index contributed by atoms with van der Waals surface area (Å²) in [5.41, 5.74) is 4.71. The molecule has 33 heavy (non-hydrogen) atoms. The van der Waals surface area contributed by atoms with Gasteiger partial charge in [-0.2, -0.15) is 0 Å². The first-order valence-electron chi connectivity index (χ1n) is 11.1. The number of carbonyl (C=O) groups excluding carboxylic acids is 2. The highest BCUT2D eigenvalue weighted by atomic mass is 16.5. The second-order valence-electron chi connectivity index (χ2n) is 8.22. The molecule has 0 saturated carbocycles. The standard InChI is InChI=1S/C26H29N3O4/c1-18-22-6-4-5-7-24(22)27-19(2)23(18)16-26(31)33-17-25(30)29-14-12-28(13-15-29)20-8-10-21(32-3)11-9-20/h4-11H,12-17H2,1-3H3. The van der Waals surface area contributed by atoms with Crippen molar-refractivity contribution < 1.29 is 19.1 Å². The van der Waals surface area contributed by atoms with Crippen molar-refractivity contribution >= 4 is 28.5 Å². The molecule has 0 aliphatic carbocycles. The number of fused-ring (bicyclic) bond motifs is 1. The molecule has 3 aromatic rings. The van der Waals surface area contributed by atoms with Gasteiger partial charge in [-0.25, -0.2) is 0 Å². The van der Waals surface area contributed by atoms with Gasteiger partial charge in [0.05, 0.1) is 19.0 Å². The fourth-order valence-corrected chi connectivity index (χ4v) is 4.27. The van der Waals surface area contributed by atoms with Crippen molar-refractivity contribution in [1.29, 1.82) is 0 Å². The van der Waals surface area contributed by atoms with Crippen molar-refractivity contribution in [2.24, 2.45) is 0 Å². The molecule has 7 heteroatoms. The Morgan fingerprint density at radius 3 is 2.36 bits per heavy atom. The van der Waals surface area contributed by atoms with Gasteiger partial charge in [0.2, 0.25) is 0 Å². The van der Waals surface area contributed by atoms with E-state index in [9.17, 15) is 9.59 Å². The number of para-hydroxylation sites is 1. The molecule has 0 radical (unpaired) electrons. The third-order valence-electron chi connectivity index (χ3n) is 6.23. The topological polar surface area (TPSA) is 72.0 Å². The summed E-state index contributed by atoms with van der Waals surface area (Å²) in [6, 6.07) is 15.8. The van der Waals surface area contributed by atoms with E-state index in [-0.39, 0.29) is 18.9 Å². The molecule has 0 atom stereocenters. The molecule has 0 N–H and O–H groups in total. The lowest BCUT2D eigenvalue weighted by Crippen LogP contribution is -2.49. The Hall–Kier alpha value is -3.61. The Labute approximate surface area is 193 Å². The third kappa shape index (κ3) is 5.08. The molecule has 1 saturated heterocycles. The van der Waals surface area contributed by atoms with E-state index in [1.165, 1.54) is 0 Å². The number of nitrogens with zero attached hydrogens (tertiary/aromatic N) is 3. The minimum absolute atomic E-state index is 0.105. The maximum Gasteiger partial charge on any atom is 0.310 e. The number of pyridine rings is 1. The number of esters is 1. The number of piperazine rings is 1. The van der Waals surface area contributed by atoms with E-state index in [4.69, 9.17) is 9.47 Å². The first-order valence-corrected chi connectivity index (χ1v) is 11.1. The summed E-state index contributed by atoms with van der Waals surface area (Å²) in [6.45, 7) is 6.30. The number of aromatic nitrogens is 1. The number of ether oxygens (including phenoxy) is 2. The van der Waals surface area contributed by atoms with Gasteiger partial charge in [0.15, 0.2) is 6.61 Å². The van der Waals surface area contributed by atoms with Gasteiger partial charge in [-0.1, -0.05) is 18.2 Å². The van der Waals surface area contributed by atoms with E-state index < -0.39 is 5.97 Å². The molecule has 172 valence electrons. The Bertz CT molecular complexity index is 1150. The highest BCUT2D eigenvalue weighted by molar-refractivity contribution is 5.86. The molecule has 0 unspecified atom stereocenters. The van der Waals surface area contributed by atoms with Gasteiger partial charge in [-0.15, -0.1) is 0 Å². The number of methoxy groups -OCH3 is 1. The van der Waals surface area contributed by atoms with Crippen LogP contribution in [-0.4, -0.2) is 61.7 Å². The van der Waals surface area contributed by atoms with Crippen LogP contribution in [0.25, 0.3) is 10.9 Å². The van der Waals surface area contributed by atoms with E-state index in [0.29, 0.717) is 13.1 Å². The van der Waals surface area contributed by atoms with Crippen LogP contribution in [-0.2, 0) is 20.7 Å². The predicted molar refractivity (Wildman–Crippen MR) is 128 cm³/mol. The lowest BCUT2D eigenvalue weighted by atomic mass is 10.00. The molecule has 2 heterocycles. The Morgan fingerprint density at radius 1 is 0.970 bits per heavy atom. The summed E-state index contributed by atoms with van der Waals surface area (Å²) >= 11 is 0. The normalized spacial score (nSPS) is 13.8. The summed E-state index contributed by atoms with van der Waals surface area (Å²) in [4.78, 5) is 33.7. The van der Waals surface area contributed by atoms with Gasteiger partial charge >= 0.3 is 5.97 Å². The van der Waals surface area contributed by atoms with Crippen LogP contribution in [0.4, 0.5) is 5.69 Å². The van der Waals surface area contributed by atoms with Crippen LogP contribution in [0.1, 0.15) is 16.8 Å². The van der Waals surface area contributed by atoms with Gasteiger partial charge in [-0.3, -0.25) is 14.6 Å². The number of amides is 1. The molecule has 7 nitrogen and oxygen atoms in total. The maximum absolute atomic E-state index is 12.6. The number of carbonyl (C=O) groups is 2. The molecule has 1 amide bonds. The fraction of sp³-hybridized carbons (Fsp3) is 0.346. The smallest absolute Gasteiger partial charge is 0.310 e. The highest BCUT2D eigenvalue weighted by Crippen LogP contribution is 2.23. The van der Waals surface area contributed by atoms with Crippen LogP contribution in [0.2, 0.25) is 0 Å². The number of rotatable bonds is 6. The van der Waals surface area contributed by atoms with Crippen molar-refractivity contribution in [3.8, 4) is 5.75 Å². The summed E-state index contributed by atoms with van der Waals surface area (Å²) in [6.07, 6.45) is 0.105. The molecule has 1 aliphatic heterocycles. The molecule has 1 aliphatic rings.